The zero-order valence-corrected chi connectivity index (χ0v) is 11.5. The minimum atomic E-state index is -0.229. The predicted molar refractivity (Wildman–Crippen MR) is 71.2 cm³/mol. The van der Waals surface area contributed by atoms with Gasteiger partial charge in [0.2, 0.25) is 0 Å². The summed E-state index contributed by atoms with van der Waals surface area (Å²) >= 11 is 0. The van der Waals surface area contributed by atoms with Crippen molar-refractivity contribution in [2.45, 2.75) is 38.8 Å². The molecule has 0 aromatic heterocycles. The van der Waals surface area contributed by atoms with Crippen molar-refractivity contribution in [3.05, 3.63) is 35.1 Å². The monoisotopic (exact) mass is 265 g/mol. The lowest BCUT2D eigenvalue weighted by Crippen LogP contribution is -2.44. The van der Waals surface area contributed by atoms with Crippen molar-refractivity contribution in [3.8, 4) is 0 Å². The van der Waals surface area contributed by atoms with E-state index in [1.54, 1.807) is 12.1 Å². The van der Waals surface area contributed by atoms with Crippen molar-refractivity contribution < 1.29 is 13.9 Å². The number of piperidine rings is 1. The molecule has 2 rings (SSSR count). The largest absolute Gasteiger partial charge is 0.468 e. The van der Waals surface area contributed by atoms with Crippen LogP contribution in [0.3, 0.4) is 0 Å². The van der Waals surface area contributed by atoms with Crippen molar-refractivity contribution >= 4 is 5.97 Å². The summed E-state index contributed by atoms with van der Waals surface area (Å²) in [5, 5.41) is 0. The fourth-order valence-electron chi connectivity index (χ4n) is 2.61. The number of hydrogen-bond acceptors (Lipinski definition) is 3. The summed E-state index contributed by atoms with van der Waals surface area (Å²) in [4.78, 5) is 13.9. The molecule has 0 N–H and O–H groups in total. The molecule has 19 heavy (non-hydrogen) atoms. The summed E-state index contributed by atoms with van der Waals surface area (Å²) in [7, 11) is 1.42. The molecule has 1 unspecified atom stereocenters. The van der Waals surface area contributed by atoms with E-state index >= 15 is 0 Å². The van der Waals surface area contributed by atoms with Crippen LogP contribution in [0.1, 0.15) is 30.4 Å². The zero-order chi connectivity index (χ0) is 13.8. The molecule has 1 aliphatic heterocycles. The van der Waals surface area contributed by atoms with Gasteiger partial charge in [-0.2, -0.15) is 0 Å². The molecule has 1 atom stereocenters. The van der Waals surface area contributed by atoms with E-state index in [-0.39, 0.29) is 17.8 Å². The minimum absolute atomic E-state index is 0.186. The molecule has 104 valence electrons. The van der Waals surface area contributed by atoms with Crippen LogP contribution in [-0.4, -0.2) is 30.6 Å². The summed E-state index contributed by atoms with van der Waals surface area (Å²) < 4.78 is 18.2. The highest BCUT2D eigenvalue weighted by Crippen LogP contribution is 2.22. The Labute approximate surface area is 113 Å². The van der Waals surface area contributed by atoms with E-state index in [2.05, 4.69) is 4.90 Å². The summed E-state index contributed by atoms with van der Waals surface area (Å²) in [6, 6.07) is 4.61. The number of methoxy groups -OCH3 is 1. The van der Waals surface area contributed by atoms with Gasteiger partial charge < -0.3 is 4.74 Å². The highest BCUT2D eigenvalue weighted by molar-refractivity contribution is 5.75. The number of esters is 1. The molecule has 0 bridgehead atoms. The van der Waals surface area contributed by atoms with Crippen molar-refractivity contribution in [1.82, 2.24) is 4.90 Å². The lowest BCUT2D eigenvalue weighted by Gasteiger charge is -2.34. The molecule has 1 heterocycles. The Morgan fingerprint density at radius 1 is 1.47 bits per heavy atom. The summed E-state index contributed by atoms with van der Waals surface area (Å²) in [6.07, 6.45) is 2.93. The van der Waals surface area contributed by atoms with Gasteiger partial charge in [-0.15, -0.1) is 0 Å². The van der Waals surface area contributed by atoms with E-state index in [1.807, 2.05) is 6.92 Å². The first-order valence-corrected chi connectivity index (χ1v) is 6.68. The molecule has 0 amide bonds. The molecule has 1 aliphatic rings. The maximum Gasteiger partial charge on any atom is 0.323 e. The molecule has 0 radical (unpaired) electrons. The quantitative estimate of drug-likeness (QED) is 0.787. The Morgan fingerprint density at radius 3 is 3.00 bits per heavy atom. The molecule has 1 saturated heterocycles. The van der Waals surface area contributed by atoms with E-state index in [4.69, 9.17) is 4.74 Å². The van der Waals surface area contributed by atoms with E-state index < -0.39 is 0 Å². The Kier molecular flexibility index (Phi) is 4.53. The number of benzene rings is 1. The molecule has 1 aromatic rings. The second-order valence-electron chi connectivity index (χ2n) is 5.08. The predicted octanol–water partition coefficient (Wildman–Crippen LogP) is 2.66. The van der Waals surface area contributed by atoms with Crippen LogP contribution in [0.5, 0.6) is 0 Å². The van der Waals surface area contributed by atoms with E-state index in [0.29, 0.717) is 6.54 Å². The Hall–Kier alpha value is -1.42. The molecule has 0 spiro atoms. The third-order valence-corrected chi connectivity index (χ3v) is 3.77. The average Bonchev–Trinajstić information content (AvgIpc) is 2.42. The molecule has 0 aliphatic carbocycles. The zero-order valence-electron chi connectivity index (χ0n) is 11.5. The Morgan fingerprint density at radius 2 is 2.26 bits per heavy atom. The standard InChI is InChI=1S/C15H20FNO2/c1-11-6-7-13(16)9-12(11)10-17-8-4-3-5-14(17)15(18)19-2/h6-7,9,14H,3-5,8,10H2,1-2H3. The molecular weight excluding hydrogens is 245 g/mol. The number of carbonyl (C=O) groups excluding carboxylic acids is 1. The number of halogens is 1. The molecule has 0 saturated carbocycles. The highest BCUT2D eigenvalue weighted by atomic mass is 19.1. The van der Waals surface area contributed by atoms with Gasteiger partial charge in [0, 0.05) is 6.54 Å². The van der Waals surface area contributed by atoms with Crippen molar-refractivity contribution in [1.29, 1.82) is 0 Å². The summed E-state index contributed by atoms with van der Waals surface area (Å²) in [6.45, 7) is 3.42. The van der Waals surface area contributed by atoms with E-state index in [1.165, 1.54) is 13.2 Å². The maximum absolute atomic E-state index is 13.3. The topological polar surface area (TPSA) is 29.5 Å². The second-order valence-corrected chi connectivity index (χ2v) is 5.08. The van der Waals surface area contributed by atoms with Gasteiger partial charge in [-0.05, 0) is 49.6 Å². The van der Waals surface area contributed by atoms with E-state index in [0.717, 1.165) is 36.9 Å². The average molecular weight is 265 g/mol. The van der Waals surface area contributed by atoms with Gasteiger partial charge in [0.15, 0.2) is 0 Å². The first kappa shape index (κ1) is 14.0. The number of likely N-dealkylation sites (tertiary alicyclic amines) is 1. The number of aryl methyl sites for hydroxylation is 1. The fourth-order valence-corrected chi connectivity index (χ4v) is 2.61. The number of ether oxygens (including phenoxy) is 1. The number of carbonyl (C=O) groups is 1. The first-order valence-electron chi connectivity index (χ1n) is 6.68. The number of hydrogen-bond donors (Lipinski definition) is 0. The van der Waals surface area contributed by atoms with Crippen LogP contribution in [0.2, 0.25) is 0 Å². The van der Waals surface area contributed by atoms with Crippen molar-refractivity contribution in [2.24, 2.45) is 0 Å². The Bertz CT molecular complexity index is 461. The van der Waals surface area contributed by atoms with Gasteiger partial charge in [-0.3, -0.25) is 9.69 Å². The van der Waals surface area contributed by atoms with E-state index in [9.17, 15) is 9.18 Å². The smallest absolute Gasteiger partial charge is 0.323 e. The lowest BCUT2D eigenvalue weighted by atomic mass is 10.00. The van der Waals surface area contributed by atoms with Gasteiger partial charge in [-0.25, -0.2) is 4.39 Å². The van der Waals surface area contributed by atoms with Gasteiger partial charge in [0.05, 0.1) is 7.11 Å². The normalized spacial score (nSPS) is 20.3. The molecule has 3 nitrogen and oxygen atoms in total. The van der Waals surface area contributed by atoms with Crippen LogP contribution in [0.4, 0.5) is 4.39 Å². The maximum atomic E-state index is 13.3. The van der Waals surface area contributed by atoms with Gasteiger partial charge in [-0.1, -0.05) is 12.5 Å². The molecular formula is C15H20FNO2. The van der Waals surface area contributed by atoms with Crippen LogP contribution >= 0.6 is 0 Å². The van der Waals surface area contributed by atoms with Crippen LogP contribution in [-0.2, 0) is 16.1 Å². The molecule has 1 aromatic carbocycles. The minimum Gasteiger partial charge on any atom is -0.468 e. The highest BCUT2D eigenvalue weighted by Gasteiger charge is 2.29. The third-order valence-electron chi connectivity index (χ3n) is 3.77. The van der Waals surface area contributed by atoms with Gasteiger partial charge in [0.1, 0.15) is 11.9 Å². The number of nitrogens with zero attached hydrogens (tertiary/aromatic N) is 1. The SMILES string of the molecule is COC(=O)C1CCCCN1Cc1cc(F)ccc1C. The van der Waals surface area contributed by atoms with Crippen LogP contribution in [0.15, 0.2) is 18.2 Å². The Balaban J connectivity index is 2.15. The summed E-state index contributed by atoms with van der Waals surface area (Å²) in [5.74, 6) is -0.416. The third kappa shape index (κ3) is 3.32. The second kappa shape index (κ2) is 6.15. The van der Waals surface area contributed by atoms with Gasteiger partial charge >= 0.3 is 5.97 Å². The summed E-state index contributed by atoms with van der Waals surface area (Å²) in [5.41, 5.74) is 1.99. The first-order chi connectivity index (χ1) is 9.11. The molecule has 4 heteroatoms. The molecule has 1 fully saturated rings. The lowest BCUT2D eigenvalue weighted by molar-refractivity contribution is -0.148. The van der Waals surface area contributed by atoms with Crippen LogP contribution in [0.25, 0.3) is 0 Å². The fraction of sp³-hybridized carbons (Fsp3) is 0.533. The van der Waals surface area contributed by atoms with Crippen LogP contribution in [0, 0.1) is 12.7 Å². The van der Waals surface area contributed by atoms with Crippen molar-refractivity contribution in [3.63, 3.8) is 0 Å². The van der Waals surface area contributed by atoms with Crippen LogP contribution < -0.4 is 0 Å². The number of rotatable bonds is 3. The van der Waals surface area contributed by atoms with Gasteiger partial charge in [0.25, 0.3) is 0 Å². The van der Waals surface area contributed by atoms with Crippen molar-refractivity contribution in [2.75, 3.05) is 13.7 Å².